The molecule has 3 aromatic heterocycles. The number of hydrogen-bond donors (Lipinski definition) is 1. The van der Waals surface area contributed by atoms with Gasteiger partial charge < -0.3 is 15.0 Å². The average Bonchev–Trinajstić information content (AvgIpc) is 2.70. The minimum absolute atomic E-state index is 0.0422. The van der Waals surface area contributed by atoms with Gasteiger partial charge in [0.2, 0.25) is 0 Å². The summed E-state index contributed by atoms with van der Waals surface area (Å²) in [6.07, 6.45) is -1.35. The van der Waals surface area contributed by atoms with Gasteiger partial charge in [-0.1, -0.05) is 0 Å². The number of pyridine rings is 3. The highest BCUT2D eigenvalue weighted by atomic mass is 19.4. The number of fused-ring (bicyclic) bond motifs is 1. The molecule has 0 unspecified atom stereocenters. The first-order chi connectivity index (χ1) is 14.7. The van der Waals surface area contributed by atoms with Crippen molar-refractivity contribution in [2.75, 3.05) is 12.3 Å². The quantitative estimate of drug-likeness (QED) is 0.411. The summed E-state index contributed by atoms with van der Waals surface area (Å²) in [5.74, 6) is -0.652. The third kappa shape index (κ3) is 5.54. The van der Waals surface area contributed by atoms with Gasteiger partial charge in [0.05, 0.1) is 34.5 Å². The molecular weight excluding hydrogens is 423 g/mol. The summed E-state index contributed by atoms with van der Waals surface area (Å²) in [5.41, 5.74) is 4.93. The van der Waals surface area contributed by atoms with Gasteiger partial charge in [0.1, 0.15) is 5.82 Å². The minimum Gasteiger partial charge on any atom is -0.383 e. The Balaban J connectivity index is 1.75. The first-order valence-corrected chi connectivity index (χ1v) is 9.41. The van der Waals surface area contributed by atoms with Crippen LogP contribution in [0.5, 0.6) is 0 Å². The normalized spacial score (nSPS) is 12.1. The molecule has 6 nitrogen and oxygen atoms in total. The van der Waals surface area contributed by atoms with Crippen LogP contribution in [0.1, 0.15) is 24.8 Å². The van der Waals surface area contributed by atoms with Gasteiger partial charge in [-0.15, -0.1) is 0 Å². The van der Waals surface area contributed by atoms with Gasteiger partial charge >= 0.3 is 12.8 Å². The molecule has 0 saturated heterocycles. The lowest BCUT2D eigenvalue weighted by Crippen LogP contribution is -2.20. The van der Waals surface area contributed by atoms with Crippen molar-refractivity contribution in [1.82, 2.24) is 14.5 Å². The van der Waals surface area contributed by atoms with E-state index in [1.54, 1.807) is 12.3 Å². The topological polar surface area (TPSA) is 83.0 Å². The molecule has 0 aliphatic rings. The Morgan fingerprint density at radius 2 is 1.71 bits per heavy atom. The Hall–Kier alpha value is -3.08. The maximum absolute atomic E-state index is 12.8. The molecule has 11 heteroatoms. The van der Waals surface area contributed by atoms with Crippen LogP contribution in [0.2, 0.25) is 0 Å². The van der Waals surface area contributed by atoms with E-state index in [0.29, 0.717) is 36.7 Å². The lowest BCUT2D eigenvalue weighted by atomic mass is 10.1. The van der Waals surface area contributed by atoms with E-state index in [1.165, 1.54) is 22.8 Å². The van der Waals surface area contributed by atoms with E-state index in [9.17, 15) is 26.7 Å². The molecule has 0 aliphatic carbocycles. The van der Waals surface area contributed by atoms with Crippen molar-refractivity contribution >= 4 is 16.7 Å². The van der Waals surface area contributed by atoms with Crippen molar-refractivity contribution in [2.24, 2.45) is 0 Å². The number of nitrogens with zero attached hydrogens (tertiary/aromatic N) is 3. The van der Waals surface area contributed by atoms with Crippen LogP contribution in [0.15, 0.2) is 41.3 Å². The van der Waals surface area contributed by atoms with Crippen molar-refractivity contribution in [3.05, 3.63) is 52.4 Å². The number of anilines is 1. The summed E-state index contributed by atoms with van der Waals surface area (Å²) in [5, 5.41) is 0.340. The molecule has 0 bridgehead atoms. The van der Waals surface area contributed by atoms with Crippen LogP contribution in [-0.4, -0.2) is 27.8 Å². The maximum Gasteiger partial charge on any atom is 0.419 e. The van der Waals surface area contributed by atoms with Gasteiger partial charge in [0.25, 0.3) is 5.56 Å². The molecule has 0 spiro atoms. The summed E-state index contributed by atoms with van der Waals surface area (Å²) in [6, 6.07) is 6.65. The lowest BCUT2D eigenvalue weighted by Gasteiger charge is -2.11. The van der Waals surface area contributed by atoms with Gasteiger partial charge in [0, 0.05) is 12.7 Å². The first-order valence-electron chi connectivity index (χ1n) is 9.41. The second-order valence-electron chi connectivity index (χ2n) is 6.76. The van der Waals surface area contributed by atoms with Gasteiger partial charge in [-0.2, -0.15) is 22.0 Å². The molecule has 3 aromatic rings. The number of ether oxygens (including phenoxy) is 1. The fourth-order valence-electron chi connectivity index (χ4n) is 3.08. The Kier molecular flexibility index (Phi) is 6.84. The highest BCUT2D eigenvalue weighted by molar-refractivity contribution is 5.80. The molecule has 3 heterocycles. The van der Waals surface area contributed by atoms with E-state index < -0.39 is 24.2 Å². The molecule has 0 fully saturated rings. The molecule has 0 amide bonds. The molecule has 0 radical (unpaired) electrons. The molecule has 31 heavy (non-hydrogen) atoms. The zero-order chi connectivity index (χ0) is 22.6. The maximum atomic E-state index is 12.8. The van der Waals surface area contributed by atoms with Crippen LogP contribution >= 0.6 is 0 Å². The van der Waals surface area contributed by atoms with Gasteiger partial charge in [-0.25, -0.2) is 9.97 Å². The molecule has 2 N–H and O–H groups in total. The molecule has 0 aromatic carbocycles. The van der Waals surface area contributed by atoms with Crippen molar-refractivity contribution < 1.29 is 26.7 Å². The SMILES string of the molecule is Nc1nc(-c2ccc3c(=O)n(CCCCCOC(F)F)ccc3n2)ccc1C(F)(F)F. The number of rotatable bonds is 8. The fourth-order valence-corrected chi connectivity index (χ4v) is 3.08. The van der Waals surface area contributed by atoms with Gasteiger partial charge in [-0.05, 0) is 49.6 Å². The second kappa shape index (κ2) is 9.38. The summed E-state index contributed by atoms with van der Waals surface area (Å²) >= 11 is 0. The molecule has 166 valence electrons. The van der Waals surface area contributed by atoms with Crippen molar-refractivity contribution in [1.29, 1.82) is 0 Å². The Labute approximate surface area is 173 Å². The number of aryl methyl sites for hydroxylation is 1. The standard InChI is InChI=1S/C20H19F5N4O2/c21-19(22)31-11-3-1-2-9-29-10-8-14-12(18(29)30)4-6-15(27-14)16-7-5-13(17(26)28-16)20(23,24)25/h4-8,10,19H,1-3,9,11H2,(H2,26,28). The highest BCUT2D eigenvalue weighted by Gasteiger charge is 2.33. The van der Waals surface area contributed by atoms with E-state index in [0.717, 1.165) is 6.07 Å². The van der Waals surface area contributed by atoms with Crippen LogP contribution in [0.4, 0.5) is 27.8 Å². The molecule has 0 atom stereocenters. The zero-order valence-corrected chi connectivity index (χ0v) is 16.2. The fraction of sp³-hybridized carbons (Fsp3) is 0.350. The smallest absolute Gasteiger partial charge is 0.383 e. The second-order valence-corrected chi connectivity index (χ2v) is 6.76. The molecule has 0 aliphatic heterocycles. The minimum atomic E-state index is -4.60. The van der Waals surface area contributed by atoms with Crippen LogP contribution in [0.25, 0.3) is 22.3 Å². The predicted molar refractivity (Wildman–Crippen MR) is 104 cm³/mol. The van der Waals surface area contributed by atoms with E-state index in [4.69, 9.17) is 5.73 Å². The van der Waals surface area contributed by atoms with Crippen LogP contribution in [0.3, 0.4) is 0 Å². The number of aromatic nitrogens is 3. The Morgan fingerprint density at radius 1 is 1.00 bits per heavy atom. The number of nitrogen functional groups attached to an aromatic ring is 1. The Morgan fingerprint density at radius 3 is 2.39 bits per heavy atom. The lowest BCUT2D eigenvalue weighted by molar-refractivity contribution is -0.137. The van der Waals surface area contributed by atoms with Gasteiger partial charge in [-0.3, -0.25) is 4.79 Å². The number of nitrogens with two attached hydrogens (primary N) is 1. The highest BCUT2D eigenvalue weighted by Crippen LogP contribution is 2.33. The number of halogens is 5. The first kappa shape index (κ1) is 22.6. The van der Waals surface area contributed by atoms with E-state index in [2.05, 4.69) is 14.7 Å². The summed E-state index contributed by atoms with van der Waals surface area (Å²) in [6.45, 7) is -2.42. The number of alkyl halides is 5. The number of hydrogen-bond acceptors (Lipinski definition) is 5. The number of unbranched alkanes of at least 4 members (excludes halogenated alkanes) is 2. The van der Waals surface area contributed by atoms with Crippen LogP contribution in [0, 0.1) is 0 Å². The molecular formula is C20H19F5N4O2. The largest absolute Gasteiger partial charge is 0.419 e. The van der Waals surface area contributed by atoms with E-state index in [1.807, 2.05) is 0 Å². The molecule has 0 saturated carbocycles. The zero-order valence-electron chi connectivity index (χ0n) is 16.2. The van der Waals surface area contributed by atoms with Crippen LogP contribution < -0.4 is 11.3 Å². The predicted octanol–water partition coefficient (Wildman–Crippen LogP) is 4.47. The molecule has 3 rings (SSSR count). The summed E-state index contributed by atoms with van der Waals surface area (Å²) in [4.78, 5) is 20.7. The third-order valence-corrected chi connectivity index (χ3v) is 4.61. The third-order valence-electron chi connectivity index (χ3n) is 4.61. The summed E-state index contributed by atoms with van der Waals surface area (Å²) in [7, 11) is 0. The van der Waals surface area contributed by atoms with Crippen molar-refractivity contribution in [3.8, 4) is 11.4 Å². The van der Waals surface area contributed by atoms with Crippen LogP contribution in [-0.2, 0) is 17.5 Å². The van der Waals surface area contributed by atoms with Gasteiger partial charge in [0.15, 0.2) is 0 Å². The Bertz CT molecular complexity index is 1110. The van der Waals surface area contributed by atoms with Crippen molar-refractivity contribution in [3.63, 3.8) is 0 Å². The summed E-state index contributed by atoms with van der Waals surface area (Å²) < 4.78 is 68.0. The monoisotopic (exact) mass is 442 g/mol. The van der Waals surface area contributed by atoms with E-state index >= 15 is 0 Å². The van der Waals surface area contributed by atoms with E-state index in [-0.39, 0.29) is 23.6 Å². The van der Waals surface area contributed by atoms with Crippen molar-refractivity contribution in [2.45, 2.75) is 38.6 Å². The average molecular weight is 442 g/mol.